The van der Waals surface area contributed by atoms with Gasteiger partial charge in [0.25, 0.3) is 0 Å². The fourth-order valence-electron chi connectivity index (χ4n) is 3.04. The van der Waals surface area contributed by atoms with Crippen LogP contribution in [0.1, 0.15) is 54.4 Å². The maximum Gasteiger partial charge on any atom is 0.410 e. The molecule has 134 valence electrons. The number of amides is 1. The lowest BCUT2D eigenvalue weighted by molar-refractivity contribution is -0.253. The number of piperidine rings is 1. The number of rotatable bonds is 2. The van der Waals surface area contributed by atoms with Crippen molar-refractivity contribution in [3.63, 3.8) is 0 Å². The highest BCUT2D eigenvalue weighted by molar-refractivity contribution is 5.68. The summed E-state index contributed by atoms with van der Waals surface area (Å²) in [5.74, 6) is -0.501. The molecule has 2 fully saturated rings. The minimum absolute atomic E-state index is 0.0912. The van der Waals surface area contributed by atoms with Crippen LogP contribution in [0.3, 0.4) is 0 Å². The molecule has 0 aromatic carbocycles. The number of nitrogens with one attached hydrogen (secondary N) is 1. The van der Waals surface area contributed by atoms with Gasteiger partial charge in [0.15, 0.2) is 5.79 Å². The van der Waals surface area contributed by atoms with Gasteiger partial charge < -0.3 is 24.4 Å². The van der Waals surface area contributed by atoms with Crippen molar-refractivity contribution in [3.8, 4) is 0 Å². The summed E-state index contributed by atoms with van der Waals surface area (Å²) in [5.41, 5.74) is -0.464. The topological polar surface area (TPSA) is 60.0 Å². The molecule has 2 rings (SSSR count). The Labute approximate surface area is 139 Å². The molecule has 2 saturated heterocycles. The third-order valence-electron chi connectivity index (χ3n) is 4.33. The fourth-order valence-corrected chi connectivity index (χ4v) is 3.04. The summed E-state index contributed by atoms with van der Waals surface area (Å²) in [7, 11) is 0. The van der Waals surface area contributed by atoms with Crippen LogP contribution in [0.15, 0.2) is 0 Å². The molecule has 0 saturated carbocycles. The van der Waals surface area contributed by atoms with Crippen molar-refractivity contribution in [3.05, 3.63) is 0 Å². The van der Waals surface area contributed by atoms with Gasteiger partial charge in [0.05, 0.1) is 19.3 Å². The van der Waals surface area contributed by atoms with Gasteiger partial charge in [-0.1, -0.05) is 0 Å². The van der Waals surface area contributed by atoms with Gasteiger partial charge in [-0.25, -0.2) is 4.79 Å². The second-order valence-corrected chi connectivity index (χ2v) is 8.05. The number of nitrogens with zero attached hydrogens (tertiary/aromatic N) is 1. The second kappa shape index (κ2) is 6.95. The van der Waals surface area contributed by atoms with E-state index < -0.39 is 11.4 Å². The van der Waals surface area contributed by atoms with Gasteiger partial charge in [-0.05, 0) is 54.4 Å². The Bertz CT molecular complexity index is 409. The van der Waals surface area contributed by atoms with Crippen molar-refractivity contribution in [1.29, 1.82) is 0 Å². The van der Waals surface area contributed by atoms with Crippen molar-refractivity contribution in [2.75, 3.05) is 19.8 Å². The Morgan fingerprint density at radius 2 is 1.87 bits per heavy atom. The number of carbonyl (C=O) groups is 1. The zero-order valence-corrected chi connectivity index (χ0v) is 15.3. The molecule has 23 heavy (non-hydrogen) atoms. The van der Waals surface area contributed by atoms with Crippen LogP contribution < -0.4 is 5.32 Å². The van der Waals surface area contributed by atoms with E-state index in [4.69, 9.17) is 14.2 Å². The van der Waals surface area contributed by atoms with Crippen molar-refractivity contribution in [1.82, 2.24) is 10.2 Å². The van der Waals surface area contributed by atoms with E-state index in [-0.39, 0.29) is 24.2 Å². The summed E-state index contributed by atoms with van der Waals surface area (Å²) < 4.78 is 16.9. The average Bonchev–Trinajstić information content (AvgIpc) is 2.41. The molecule has 1 amide bonds. The van der Waals surface area contributed by atoms with Crippen LogP contribution in [0.4, 0.5) is 4.79 Å². The second-order valence-electron chi connectivity index (χ2n) is 8.05. The van der Waals surface area contributed by atoms with Crippen LogP contribution in [0.2, 0.25) is 0 Å². The van der Waals surface area contributed by atoms with Crippen molar-refractivity contribution < 1.29 is 19.0 Å². The van der Waals surface area contributed by atoms with Gasteiger partial charge in [0, 0.05) is 18.6 Å². The number of ether oxygens (including phenoxy) is 3. The highest BCUT2D eigenvalue weighted by Gasteiger charge is 2.36. The molecule has 0 aromatic heterocycles. The van der Waals surface area contributed by atoms with Gasteiger partial charge in [0.1, 0.15) is 5.60 Å². The Hall–Kier alpha value is -0.850. The lowest BCUT2D eigenvalue weighted by Crippen LogP contribution is -2.60. The molecule has 0 radical (unpaired) electrons. The van der Waals surface area contributed by atoms with Crippen LogP contribution in [0.25, 0.3) is 0 Å². The first kappa shape index (κ1) is 18.5. The predicted molar refractivity (Wildman–Crippen MR) is 88.3 cm³/mol. The van der Waals surface area contributed by atoms with Gasteiger partial charge in [-0.3, -0.25) is 0 Å². The van der Waals surface area contributed by atoms with Gasteiger partial charge in [0.2, 0.25) is 0 Å². The number of likely N-dealkylation sites (tertiary alicyclic amines) is 1. The summed E-state index contributed by atoms with van der Waals surface area (Å²) >= 11 is 0. The first-order chi connectivity index (χ1) is 10.6. The summed E-state index contributed by atoms with van der Waals surface area (Å²) in [6.07, 6.45) is 1.79. The van der Waals surface area contributed by atoms with E-state index in [1.54, 1.807) is 0 Å². The minimum Gasteiger partial charge on any atom is -0.444 e. The quantitative estimate of drug-likeness (QED) is 0.844. The molecule has 6 nitrogen and oxygen atoms in total. The monoisotopic (exact) mass is 328 g/mol. The lowest BCUT2D eigenvalue weighted by atomic mass is 9.97. The van der Waals surface area contributed by atoms with Crippen molar-refractivity contribution in [2.24, 2.45) is 0 Å². The molecule has 0 spiro atoms. The smallest absolute Gasteiger partial charge is 0.410 e. The zero-order valence-electron chi connectivity index (χ0n) is 15.3. The molecule has 2 atom stereocenters. The van der Waals surface area contributed by atoms with Gasteiger partial charge in [-0.2, -0.15) is 0 Å². The molecular weight excluding hydrogens is 296 g/mol. The molecule has 0 aromatic rings. The molecule has 2 aliphatic heterocycles. The van der Waals surface area contributed by atoms with Gasteiger partial charge in [-0.15, -0.1) is 0 Å². The lowest BCUT2D eigenvalue weighted by Gasteiger charge is -2.43. The third-order valence-corrected chi connectivity index (χ3v) is 4.33. The molecule has 6 heteroatoms. The number of carbonyl (C=O) groups excluding carboxylic acids is 1. The molecule has 2 heterocycles. The van der Waals surface area contributed by atoms with E-state index in [0.29, 0.717) is 13.2 Å². The SMILES string of the molecule is CC1C(NC2COC(C)(C)OC2)CCCN1C(=O)OC(C)(C)C. The maximum absolute atomic E-state index is 12.4. The Morgan fingerprint density at radius 3 is 2.43 bits per heavy atom. The van der Waals surface area contributed by atoms with E-state index >= 15 is 0 Å². The van der Waals surface area contributed by atoms with Crippen LogP contribution in [-0.4, -0.2) is 60.3 Å². The summed E-state index contributed by atoms with van der Waals surface area (Å²) in [6.45, 7) is 13.6. The molecule has 0 bridgehead atoms. The predicted octanol–water partition coefficient (Wildman–Crippen LogP) is 2.52. The van der Waals surface area contributed by atoms with Crippen LogP contribution >= 0.6 is 0 Å². The molecule has 2 aliphatic rings. The standard InChI is InChI=1S/C17H32N2O4/c1-12-14(18-13-10-21-17(5,6)22-11-13)8-7-9-19(12)15(20)23-16(2,3)4/h12-14,18H,7-11H2,1-6H3. The van der Waals surface area contributed by atoms with E-state index in [1.165, 1.54) is 0 Å². The zero-order chi connectivity index (χ0) is 17.3. The molecular formula is C17H32N2O4. The highest BCUT2D eigenvalue weighted by Crippen LogP contribution is 2.23. The molecule has 0 aliphatic carbocycles. The summed E-state index contributed by atoms with van der Waals surface area (Å²) in [6, 6.07) is 0.484. The summed E-state index contributed by atoms with van der Waals surface area (Å²) in [5, 5.41) is 3.59. The van der Waals surface area contributed by atoms with E-state index in [9.17, 15) is 4.79 Å². The number of hydrogen-bond acceptors (Lipinski definition) is 5. The Kier molecular flexibility index (Phi) is 5.59. The largest absolute Gasteiger partial charge is 0.444 e. The van der Waals surface area contributed by atoms with Crippen LogP contribution in [0.5, 0.6) is 0 Å². The Balaban J connectivity index is 1.89. The summed E-state index contributed by atoms with van der Waals surface area (Å²) in [4.78, 5) is 14.2. The third kappa shape index (κ3) is 5.33. The van der Waals surface area contributed by atoms with E-state index in [1.807, 2.05) is 39.5 Å². The first-order valence-electron chi connectivity index (χ1n) is 8.61. The van der Waals surface area contributed by atoms with Gasteiger partial charge >= 0.3 is 6.09 Å². The van der Waals surface area contributed by atoms with Crippen LogP contribution in [0, 0.1) is 0 Å². The molecule has 1 N–H and O–H groups in total. The highest BCUT2D eigenvalue weighted by atomic mass is 16.7. The van der Waals surface area contributed by atoms with E-state index in [0.717, 1.165) is 19.4 Å². The minimum atomic E-state index is -0.501. The maximum atomic E-state index is 12.4. The number of hydrogen-bond donors (Lipinski definition) is 1. The van der Waals surface area contributed by atoms with Crippen molar-refractivity contribution >= 4 is 6.09 Å². The average molecular weight is 328 g/mol. The van der Waals surface area contributed by atoms with E-state index in [2.05, 4.69) is 12.2 Å². The first-order valence-corrected chi connectivity index (χ1v) is 8.61. The fraction of sp³-hybridized carbons (Fsp3) is 0.941. The van der Waals surface area contributed by atoms with Crippen LogP contribution in [-0.2, 0) is 14.2 Å². The molecule has 2 unspecified atom stereocenters. The normalized spacial score (nSPS) is 29.4. The Morgan fingerprint density at radius 1 is 1.26 bits per heavy atom. The van der Waals surface area contributed by atoms with Crippen molar-refractivity contribution in [2.45, 2.75) is 83.9 Å².